The van der Waals surface area contributed by atoms with Crippen LogP contribution in [-0.2, 0) is 5.11 Å². The minimum atomic E-state index is 0.0497. The molecule has 2 nitrogen and oxygen atoms in total. The van der Waals surface area contributed by atoms with Gasteiger partial charge in [0, 0.05) is 12.4 Å². The lowest BCUT2D eigenvalue weighted by Crippen LogP contribution is -1.88. The van der Waals surface area contributed by atoms with E-state index in [-0.39, 0.29) is 5.75 Å². The maximum Gasteiger partial charge on any atom is 0.202 e. The Balaban J connectivity index is 2.55. The summed E-state index contributed by atoms with van der Waals surface area (Å²) in [5, 5.41) is 11.3. The summed E-state index contributed by atoms with van der Waals surface area (Å²) < 4.78 is 1.81. The molecule has 0 amide bonds. The molecule has 59 valence electrons. The molecule has 2 aromatic rings. The standard InChI is InChI=1S/C10H8NO/c12-10-6-2-1-5-9(10)11-7-3-4-8-11/h1-8H. The highest BCUT2D eigenvalue weighted by Crippen LogP contribution is 2.20. The Labute approximate surface area is 70.7 Å². The summed E-state index contributed by atoms with van der Waals surface area (Å²) in [4.78, 5) is 0. The van der Waals surface area contributed by atoms with Gasteiger partial charge in [0.2, 0.25) is 5.75 Å². The smallest absolute Gasteiger partial charge is 0.202 e. The van der Waals surface area contributed by atoms with E-state index in [1.807, 2.05) is 41.2 Å². The summed E-state index contributed by atoms with van der Waals surface area (Å²) in [7, 11) is 0. The number of hydrogen-bond acceptors (Lipinski definition) is 0. The van der Waals surface area contributed by atoms with Gasteiger partial charge in [-0.25, -0.2) is 0 Å². The average Bonchev–Trinajstić information content (AvgIpc) is 2.57. The van der Waals surface area contributed by atoms with Crippen LogP contribution in [0.3, 0.4) is 0 Å². The Hall–Kier alpha value is -1.70. The highest BCUT2D eigenvalue weighted by Gasteiger charge is 2.00. The first-order valence-corrected chi connectivity index (χ1v) is 3.77. The Bertz CT molecular complexity index is 365. The van der Waals surface area contributed by atoms with Crippen molar-refractivity contribution in [1.29, 1.82) is 0 Å². The van der Waals surface area contributed by atoms with E-state index in [2.05, 4.69) is 0 Å². The van der Waals surface area contributed by atoms with E-state index in [0.717, 1.165) is 0 Å². The zero-order chi connectivity index (χ0) is 8.39. The second-order valence-electron chi connectivity index (χ2n) is 2.56. The summed E-state index contributed by atoms with van der Waals surface area (Å²) in [6, 6.07) is 10.8. The first kappa shape index (κ1) is 6.98. The SMILES string of the molecule is [O]c1ccccc1-n1cccc1. The van der Waals surface area contributed by atoms with Crippen LogP contribution in [0.25, 0.3) is 5.69 Å². The van der Waals surface area contributed by atoms with Crippen LogP contribution in [0.4, 0.5) is 0 Å². The fourth-order valence-electron chi connectivity index (χ4n) is 1.17. The summed E-state index contributed by atoms with van der Waals surface area (Å²) in [6.07, 6.45) is 3.72. The van der Waals surface area contributed by atoms with Crippen LogP contribution in [0.5, 0.6) is 5.75 Å². The van der Waals surface area contributed by atoms with Crippen LogP contribution in [0.2, 0.25) is 0 Å². The molecule has 0 aliphatic rings. The van der Waals surface area contributed by atoms with Gasteiger partial charge in [0.05, 0.1) is 5.69 Å². The van der Waals surface area contributed by atoms with E-state index >= 15 is 0 Å². The molecule has 2 rings (SSSR count). The van der Waals surface area contributed by atoms with Gasteiger partial charge in [-0.15, -0.1) is 0 Å². The molecule has 0 atom stereocenters. The van der Waals surface area contributed by atoms with Crippen molar-refractivity contribution in [2.45, 2.75) is 0 Å². The molecule has 0 fully saturated rings. The van der Waals surface area contributed by atoms with Crippen LogP contribution in [-0.4, -0.2) is 4.57 Å². The third-order valence-electron chi connectivity index (χ3n) is 1.75. The maximum atomic E-state index is 11.3. The van der Waals surface area contributed by atoms with Gasteiger partial charge in [0.25, 0.3) is 0 Å². The Morgan fingerprint density at radius 1 is 0.917 bits per heavy atom. The van der Waals surface area contributed by atoms with Crippen molar-refractivity contribution in [3.63, 3.8) is 0 Å². The van der Waals surface area contributed by atoms with E-state index in [1.54, 1.807) is 12.1 Å². The highest BCUT2D eigenvalue weighted by molar-refractivity contribution is 5.45. The maximum absolute atomic E-state index is 11.3. The van der Waals surface area contributed by atoms with Gasteiger partial charge in [-0.1, -0.05) is 12.1 Å². The lowest BCUT2D eigenvalue weighted by molar-refractivity contribution is 0.353. The first-order chi connectivity index (χ1) is 5.88. The largest absolute Gasteiger partial charge is 0.320 e. The molecule has 0 N–H and O–H groups in total. The van der Waals surface area contributed by atoms with Crippen molar-refractivity contribution in [3.05, 3.63) is 48.8 Å². The minimum Gasteiger partial charge on any atom is -0.320 e. The summed E-state index contributed by atoms with van der Waals surface area (Å²) in [5.74, 6) is 0.0497. The number of rotatable bonds is 1. The second-order valence-corrected chi connectivity index (χ2v) is 2.56. The zero-order valence-electron chi connectivity index (χ0n) is 6.47. The molecule has 1 aromatic heterocycles. The Kier molecular flexibility index (Phi) is 1.59. The first-order valence-electron chi connectivity index (χ1n) is 3.77. The quantitative estimate of drug-likeness (QED) is 0.609. The van der Waals surface area contributed by atoms with Gasteiger partial charge < -0.3 is 4.57 Å². The van der Waals surface area contributed by atoms with Crippen LogP contribution >= 0.6 is 0 Å². The van der Waals surface area contributed by atoms with Crippen LogP contribution in [0, 0.1) is 0 Å². The molecule has 0 saturated carbocycles. The van der Waals surface area contributed by atoms with Gasteiger partial charge in [-0.2, -0.15) is 0 Å². The molecular weight excluding hydrogens is 150 g/mol. The van der Waals surface area contributed by atoms with Crippen molar-refractivity contribution in [2.75, 3.05) is 0 Å². The predicted octanol–water partition coefficient (Wildman–Crippen LogP) is 2.62. The van der Waals surface area contributed by atoms with Gasteiger partial charge >= 0.3 is 0 Å². The van der Waals surface area contributed by atoms with E-state index in [0.29, 0.717) is 5.69 Å². The highest BCUT2D eigenvalue weighted by atomic mass is 16.3. The van der Waals surface area contributed by atoms with Gasteiger partial charge in [-0.05, 0) is 24.3 Å². The van der Waals surface area contributed by atoms with Gasteiger partial charge in [0.1, 0.15) is 0 Å². The van der Waals surface area contributed by atoms with Crippen molar-refractivity contribution in [3.8, 4) is 11.4 Å². The van der Waals surface area contributed by atoms with Crippen LogP contribution < -0.4 is 0 Å². The number of para-hydroxylation sites is 2. The van der Waals surface area contributed by atoms with Crippen molar-refractivity contribution < 1.29 is 5.11 Å². The lowest BCUT2D eigenvalue weighted by atomic mass is 10.3. The fourth-order valence-corrected chi connectivity index (χ4v) is 1.17. The van der Waals surface area contributed by atoms with Crippen LogP contribution in [0.1, 0.15) is 0 Å². The van der Waals surface area contributed by atoms with Crippen molar-refractivity contribution >= 4 is 0 Å². The molecular formula is C10H8NO. The van der Waals surface area contributed by atoms with E-state index < -0.39 is 0 Å². The molecule has 1 aromatic carbocycles. The number of nitrogens with zero attached hydrogens (tertiary/aromatic N) is 1. The Morgan fingerprint density at radius 3 is 2.25 bits per heavy atom. The topological polar surface area (TPSA) is 24.8 Å². The lowest BCUT2D eigenvalue weighted by Gasteiger charge is -2.01. The molecule has 2 heteroatoms. The molecule has 1 heterocycles. The van der Waals surface area contributed by atoms with E-state index in [1.165, 1.54) is 0 Å². The molecule has 0 bridgehead atoms. The van der Waals surface area contributed by atoms with E-state index in [4.69, 9.17) is 0 Å². The number of aromatic nitrogens is 1. The molecule has 12 heavy (non-hydrogen) atoms. The molecule has 0 aliphatic carbocycles. The Morgan fingerprint density at radius 2 is 1.58 bits per heavy atom. The molecule has 0 spiro atoms. The third kappa shape index (κ3) is 1.07. The van der Waals surface area contributed by atoms with Gasteiger partial charge in [0.15, 0.2) is 0 Å². The second kappa shape index (κ2) is 2.74. The summed E-state index contributed by atoms with van der Waals surface area (Å²) >= 11 is 0. The minimum absolute atomic E-state index is 0.0497. The average molecular weight is 158 g/mol. The van der Waals surface area contributed by atoms with Gasteiger partial charge in [-0.3, -0.25) is 5.11 Å². The monoisotopic (exact) mass is 158 g/mol. The normalized spacial score (nSPS) is 10.0. The fraction of sp³-hybridized carbons (Fsp3) is 0. The zero-order valence-corrected chi connectivity index (χ0v) is 6.47. The third-order valence-corrected chi connectivity index (χ3v) is 1.75. The summed E-state index contributed by atoms with van der Waals surface area (Å²) in [5.41, 5.74) is 0.697. The molecule has 0 unspecified atom stereocenters. The van der Waals surface area contributed by atoms with Crippen molar-refractivity contribution in [2.24, 2.45) is 0 Å². The summed E-state index contributed by atoms with van der Waals surface area (Å²) in [6.45, 7) is 0. The molecule has 1 radical (unpaired) electrons. The number of benzene rings is 1. The van der Waals surface area contributed by atoms with Crippen molar-refractivity contribution in [1.82, 2.24) is 4.57 Å². The molecule has 0 saturated heterocycles. The van der Waals surface area contributed by atoms with Crippen LogP contribution in [0.15, 0.2) is 48.8 Å². The van der Waals surface area contributed by atoms with E-state index in [9.17, 15) is 5.11 Å². The molecule has 0 aliphatic heterocycles. The number of hydrogen-bond donors (Lipinski definition) is 0. The predicted molar refractivity (Wildman–Crippen MR) is 45.9 cm³/mol.